The molecule has 1 aromatic carbocycles. The Labute approximate surface area is 126 Å². The van der Waals surface area contributed by atoms with Gasteiger partial charge in [0.1, 0.15) is 0 Å². The molecule has 0 fully saturated rings. The van der Waals surface area contributed by atoms with Crippen LogP contribution in [0.25, 0.3) is 0 Å². The summed E-state index contributed by atoms with van der Waals surface area (Å²) in [4.78, 5) is 0. The maximum absolute atomic E-state index is 10.0. The largest absolute Gasteiger partial charge is 0.393 e. The Morgan fingerprint density at radius 2 is 1.74 bits per heavy atom. The van der Waals surface area contributed by atoms with E-state index in [9.17, 15) is 5.11 Å². The van der Waals surface area contributed by atoms with Crippen LogP contribution < -0.4 is 0 Å². The average Bonchev–Trinajstić information content (AvgIpc) is 2.39. The van der Waals surface area contributed by atoms with E-state index < -0.39 is 0 Å². The lowest BCUT2D eigenvalue weighted by Crippen LogP contribution is -2.10. The quantitative estimate of drug-likeness (QED) is 0.585. The van der Waals surface area contributed by atoms with Crippen molar-refractivity contribution in [1.29, 1.82) is 0 Å². The fraction of sp³-hybridized carbons (Fsp3) is 0.625. The van der Waals surface area contributed by atoms with Gasteiger partial charge in [0.05, 0.1) is 16.1 Å². The lowest BCUT2D eigenvalue weighted by Gasteiger charge is -2.12. The van der Waals surface area contributed by atoms with Crippen LogP contribution in [0.3, 0.4) is 0 Å². The first kappa shape index (κ1) is 16.8. The highest BCUT2D eigenvalue weighted by Gasteiger charge is 2.10. The molecule has 1 atom stereocenters. The lowest BCUT2D eigenvalue weighted by molar-refractivity contribution is 0.161. The van der Waals surface area contributed by atoms with Gasteiger partial charge in [0.15, 0.2) is 0 Å². The molecule has 1 rings (SSSR count). The van der Waals surface area contributed by atoms with Crippen molar-refractivity contribution < 1.29 is 5.11 Å². The molecule has 0 bridgehead atoms. The Morgan fingerprint density at radius 3 is 2.47 bits per heavy atom. The molecule has 0 aliphatic carbocycles. The number of hydrogen-bond acceptors (Lipinski definition) is 1. The van der Waals surface area contributed by atoms with Gasteiger partial charge in [0.2, 0.25) is 0 Å². The smallest absolute Gasteiger partial charge is 0.0625 e. The molecular weight excluding hydrogens is 279 g/mol. The molecule has 1 N–H and O–H groups in total. The van der Waals surface area contributed by atoms with E-state index in [0.29, 0.717) is 16.5 Å². The molecule has 0 amide bonds. The SMILES string of the molecule is CCCCCCCCC(O)Cc1cccc(Cl)c1Cl. The zero-order chi connectivity index (χ0) is 14.1. The summed E-state index contributed by atoms with van der Waals surface area (Å²) in [5.41, 5.74) is 0.938. The number of unbranched alkanes of at least 4 members (excludes halogenated alkanes) is 5. The minimum absolute atomic E-state index is 0.317. The van der Waals surface area contributed by atoms with Crippen LogP contribution in [0.15, 0.2) is 18.2 Å². The molecule has 0 radical (unpaired) electrons. The van der Waals surface area contributed by atoms with Gasteiger partial charge in [-0.25, -0.2) is 0 Å². The maximum atomic E-state index is 10.0. The van der Waals surface area contributed by atoms with Crippen LogP contribution in [-0.4, -0.2) is 11.2 Å². The van der Waals surface area contributed by atoms with E-state index in [2.05, 4.69) is 6.92 Å². The van der Waals surface area contributed by atoms with Gasteiger partial charge in [-0.3, -0.25) is 0 Å². The highest BCUT2D eigenvalue weighted by atomic mass is 35.5. The third-order valence-electron chi connectivity index (χ3n) is 3.38. The van der Waals surface area contributed by atoms with E-state index in [1.165, 1.54) is 32.1 Å². The Bertz CT molecular complexity index is 366. The third kappa shape index (κ3) is 6.65. The molecule has 1 aromatic rings. The molecule has 1 unspecified atom stereocenters. The summed E-state index contributed by atoms with van der Waals surface area (Å²) in [5.74, 6) is 0. The van der Waals surface area contributed by atoms with Crippen molar-refractivity contribution in [2.24, 2.45) is 0 Å². The van der Waals surface area contributed by atoms with Gasteiger partial charge >= 0.3 is 0 Å². The standard InChI is InChI=1S/C16H24Cl2O/c1-2-3-4-5-6-7-10-14(19)12-13-9-8-11-15(17)16(13)18/h8-9,11,14,19H,2-7,10,12H2,1H3. The first-order valence-corrected chi connectivity index (χ1v) is 8.01. The van der Waals surface area contributed by atoms with Crippen molar-refractivity contribution in [2.75, 3.05) is 0 Å². The van der Waals surface area contributed by atoms with Crippen molar-refractivity contribution in [3.63, 3.8) is 0 Å². The molecule has 0 aromatic heterocycles. The summed E-state index contributed by atoms with van der Waals surface area (Å²) in [6, 6.07) is 5.58. The van der Waals surface area contributed by atoms with Crippen LogP contribution in [0.5, 0.6) is 0 Å². The van der Waals surface area contributed by atoms with E-state index >= 15 is 0 Å². The van der Waals surface area contributed by atoms with Crippen LogP contribution in [0.2, 0.25) is 10.0 Å². The van der Waals surface area contributed by atoms with Gasteiger partial charge in [-0.15, -0.1) is 0 Å². The molecule has 0 aliphatic rings. The molecule has 3 heteroatoms. The van der Waals surface area contributed by atoms with Crippen molar-refractivity contribution in [1.82, 2.24) is 0 Å². The second-order valence-corrected chi connectivity index (χ2v) is 5.91. The minimum Gasteiger partial charge on any atom is -0.393 e. The molecule has 1 nitrogen and oxygen atoms in total. The van der Waals surface area contributed by atoms with Gasteiger partial charge in [0.25, 0.3) is 0 Å². The predicted octanol–water partition coefficient (Wildman–Crippen LogP) is 5.65. The Morgan fingerprint density at radius 1 is 1.05 bits per heavy atom. The first-order chi connectivity index (χ1) is 9.15. The highest BCUT2D eigenvalue weighted by molar-refractivity contribution is 6.42. The molecule has 19 heavy (non-hydrogen) atoms. The summed E-state index contributed by atoms with van der Waals surface area (Å²) >= 11 is 12.1. The van der Waals surface area contributed by atoms with Gasteiger partial charge in [-0.2, -0.15) is 0 Å². The topological polar surface area (TPSA) is 20.2 Å². The van der Waals surface area contributed by atoms with Crippen LogP contribution >= 0.6 is 23.2 Å². The first-order valence-electron chi connectivity index (χ1n) is 7.26. The molecular formula is C16H24Cl2O. The second kappa shape index (κ2) is 9.63. The molecule has 0 spiro atoms. The number of aliphatic hydroxyl groups is 1. The Kier molecular flexibility index (Phi) is 8.52. The average molecular weight is 303 g/mol. The second-order valence-electron chi connectivity index (χ2n) is 5.13. The van der Waals surface area contributed by atoms with Gasteiger partial charge in [-0.1, -0.05) is 80.8 Å². The maximum Gasteiger partial charge on any atom is 0.0625 e. The zero-order valence-electron chi connectivity index (χ0n) is 11.7. The lowest BCUT2D eigenvalue weighted by atomic mass is 10.0. The number of rotatable bonds is 9. The zero-order valence-corrected chi connectivity index (χ0v) is 13.2. The van der Waals surface area contributed by atoms with Crippen molar-refractivity contribution in [3.05, 3.63) is 33.8 Å². The van der Waals surface area contributed by atoms with Gasteiger partial charge in [-0.05, 0) is 24.5 Å². The van der Waals surface area contributed by atoms with Crippen LogP contribution in [-0.2, 0) is 6.42 Å². The van der Waals surface area contributed by atoms with Crippen molar-refractivity contribution in [2.45, 2.75) is 64.4 Å². The van der Waals surface area contributed by atoms with E-state index in [0.717, 1.165) is 18.4 Å². The molecule has 0 saturated carbocycles. The van der Waals surface area contributed by atoms with Gasteiger partial charge < -0.3 is 5.11 Å². The molecule has 0 saturated heterocycles. The summed E-state index contributed by atoms with van der Waals surface area (Å²) < 4.78 is 0. The van der Waals surface area contributed by atoms with Crippen LogP contribution in [0.1, 0.15) is 57.4 Å². The van der Waals surface area contributed by atoms with E-state index in [4.69, 9.17) is 23.2 Å². The number of aliphatic hydroxyl groups excluding tert-OH is 1. The third-order valence-corrected chi connectivity index (χ3v) is 4.24. The highest BCUT2D eigenvalue weighted by Crippen LogP contribution is 2.27. The fourth-order valence-electron chi connectivity index (χ4n) is 2.22. The minimum atomic E-state index is -0.317. The monoisotopic (exact) mass is 302 g/mol. The predicted molar refractivity (Wildman–Crippen MR) is 84.2 cm³/mol. The van der Waals surface area contributed by atoms with Crippen molar-refractivity contribution in [3.8, 4) is 0 Å². The number of benzene rings is 1. The summed E-state index contributed by atoms with van der Waals surface area (Å²) in [6.07, 6.45) is 8.59. The molecule has 0 aliphatic heterocycles. The number of halogens is 2. The van der Waals surface area contributed by atoms with Crippen LogP contribution in [0.4, 0.5) is 0 Å². The van der Waals surface area contributed by atoms with E-state index in [1.807, 2.05) is 12.1 Å². The van der Waals surface area contributed by atoms with Gasteiger partial charge in [0, 0.05) is 0 Å². The van der Waals surface area contributed by atoms with E-state index in [-0.39, 0.29) is 6.10 Å². The Balaban J connectivity index is 2.23. The molecule has 0 heterocycles. The molecule has 108 valence electrons. The van der Waals surface area contributed by atoms with Crippen molar-refractivity contribution >= 4 is 23.2 Å². The van der Waals surface area contributed by atoms with E-state index in [1.54, 1.807) is 6.07 Å². The summed E-state index contributed by atoms with van der Waals surface area (Å²) in [7, 11) is 0. The fourth-order valence-corrected chi connectivity index (χ4v) is 2.62. The Hall–Kier alpha value is -0.240. The summed E-state index contributed by atoms with van der Waals surface area (Å²) in [5, 5.41) is 11.2. The summed E-state index contributed by atoms with van der Waals surface area (Å²) in [6.45, 7) is 2.22. The normalized spacial score (nSPS) is 12.6. The number of hydrogen-bond donors (Lipinski definition) is 1. The van der Waals surface area contributed by atoms with Crippen LogP contribution in [0, 0.1) is 0 Å².